The number of hydrogen-bond acceptors (Lipinski definition) is 3. The highest BCUT2D eigenvalue weighted by molar-refractivity contribution is 5.76. The summed E-state index contributed by atoms with van der Waals surface area (Å²) < 4.78 is 0. The van der Waals surface area contributed by atoms with Crippen LogP contribution in [-0.4, -0.2) is 44.0 Å². The van der Waals surface area contributed by atoms with Gasteiger partial charge in [-0.2, -0.15) is 0 Å². The van der Waals surface area contributed by atoms with Gasteiger partial charge in [-0.1, -0.05) is 37.3 Å². The first kappa shape index (κ1) is 18.0. The molecule has 0 aliphatic carbocycles. The lowest BCUT2D eigenvalue weighted by Crippen LogP contribution is -2.36. The molecule has 1 aromatic rings. The van der Waals surface area contributed by atoms with Crippen molar-refractivity contribution < 1.29 is 4.79 Å². The van der Waals surface area contributed by atoms with Crippen LogP contribution in [0.5, 0.6) is 0 Å². The number of hydrogen-bond donors (Lipinski definition) is 2. The molecule has 4 heteroatoms. The summed E-state index contributed by atoms with van der Waals surface area (Å²) in [7, 11) is 2.09. The van der Waals surface area contributed by atoms with Crippen molar-refractivity contribution in [2.75, 3.05) is 33.2 Å². The molecule has 4 nitrogen and oxygen atoms in total. The van der Waals surface area contributed by atoms with E-state index in [4.69, 9.17) is 0 Å². The van der Waals surface area contributed by atoms with Crippen LogP contribution in [0.1, 0.15) is 31.7 Å². The lowest BCUT2D eigenvalue weighted by Gasteiger charge is -2.28. The first-order chi connectivity index (χ1) is 11.1. The van der Waals surface area contributed by atoms with E-state index >= 15 is 0 Å². The number of carbonyl (C=O) groups excluding carboxylic acids is 1. The number of nitrogens with one attached hydrogen (secondary N) is 2. The molecule has 0 radical (unpaired) electrons. The lowest BCUT2D eigenvalue weighted by molar-refractivity contribution is -0.122. The summed E-state index contributed by atoms with van der Waals surface area (Å²) in [6, 6.07) is 10.4. The van der Waals surface area contributed by atoms with Gasteiger partial charge in [0.25, 0.3) is 0 Å². The smallest absolute Gasteiger partial charge is 0.220 e. The molecule has 0 spiro atoms. The van der Waals surface area contributed by atoms with E-state index in [2.05, 4.69) is 53.8 Å². The Hall–Kier alpha value is -1.39. The fourth-order valence-electron chi connectivity index (χ4n) is 3.30. The van der Waals surface area contributed by atoms with Gasteiger partial charge in [-0.25, -0.2) is 0 Å². The van der Waals surface area contributed by atoms with E-state index in [0.717, 1.165) is 32.7 Å². The Bertz CT molecular complexity index is 457. The highest BCUT2D eigenvalue weighted by Crippen LogP contribution is 2.23. The maximum atomic E-state index is 12.1. The third kappa shape index (κ3) is 6.71. The number of likely N-dealkylation sites (N-methyl/N-ethyl adjacent to an activating group) is 1. The van der Waals surface area contributed by atoms with Gasteiger partial charge in [-0.3, -0.25) is 4.79 Å². The third-order valence-corrected chi connectivity index (χ3v) is 4.81. The van der Waals surface area contributed by atoms with Gasteiger partial charge >= 0.3 is 0 Å². The van der Waals surface area contributed by atoms with E-state index in [1.165, 1.54) is 18.4 Å². The molecular formula is C19H31N3O. The fraction of sp³-hybridized carbons (Fsp3) is 0.632. The quantitative estimate of drug-likeness (QED) is 0.773. The van der Waals surface area contributed by atoms with Crippen molar-refractivity contribution in [3.63, 3.8) is 0 Å². The first-order valence-electron chi connectivity index (χ1n) is 8.85. The van der Waals surface area contributed by atoms with E-state index in [0.29, 0.717) is 18.3 Å². The first-order valence-corrected chi connectivity index (χ1v) is 8.85. The van der Waals surface area contributed by atoms with Gasteiger partial charge in [0, 0.05) is 26.1 Å². The Morgan fingerprint density at radius 1 is 1.30 bits per heavy atom. The van der Waals surface area contributed by atoms with Crippen LogP contribution in [0.4, 0.5) is 0 Å². The van der Waals surface area contributed by atoms with Gasteiger partial charge in [-0.05, 0) is 50.4 Å². The minimum Gasteiger partial charge on any atom is -0.355 e. The third-order valence-electron chi connectivity index (χ3n) is 4.81. The lowest BCUT2D eigenvalue weighted by atomic mass is 9.84. The molecular weight excluding hydrogens is 286 g/mol. The van der Waals surface area contributed by atoms with Crippen molar-refractivity contribution in [1.29, 1.82) is 0 Å². The zero-order chi connectivity index (χ0) is 16.5. The standard InChI is InChI=1S/C19H31N3O/c1-16(18-8-10-20-11-9-18)14-19(23)21-12-13-22(2)15-17-6-4-3-5-7-17/h3-7,16,18,20H,8-15H2,1-2H3,(H,21,23). The summed E-state index contributed by atoms with van der Waals surface area (Å²) in [5.74, 6) is 1.38. The van der Waals surface area contributed by atoms with Gasteiger partial charge in [0.1, 0.15) is 0 Å². The largest absolute Gasteiger partial charge is 0.355 e. The molecule has 1 amide bonds. The number of amides is 1. The summed E-state index contributed by atoms with van der Waals surface area (Å²) in [6.45, 7) is 6.94. The SMILES string of the molecule is CC(CC(=O)NCCN(C)Cc1ccccc1)C1CCNCC1. The molecule has 128 valence electrons. The van der Waals surface area contributed by atoms with Crippen LogP contribution < -0.4 is 10.6 Å². The highest BCUT2D eigenvalue weighted by atomic mass is 16.1. The maximum absolute atomic E-state index is 12.1. The second-order valence-corrected chi connectivity index (χ2v) is 6.84. The molecule has 0 aromatic heterocycles. The number of rotatable bonds is 8. The number of benzene rings is 1. The van der Waals surface area contributed by atoms with Crippen LogP contribution in [0.15, 0.2) is 30.3 Å². The maximum Gasteiger partial charge on any atom is 0.220 e. The zero-order valence-electron chi connectivity index (χ0n) is 14.6. The fourth-order valence-corrected chi connectivity index (χ4v) is 3.30. The van der Waals surface area contributed by atoms with Crippen molar-refractivity contribution in [2.24, 2.45) is 11.8 Å². The van der Waals surface area contributed by atoms with Crippen LogP contribution in [0.25, 0.3) is 0 Å². The monoisotopic (exact) mass is 317 g/mol. The molecule has 1 unspecified atom stereocenters. The van der Waals surface area contributed by atoms with Gasteiger partial charge in [-0.15, -0.1) is 0 Å². The molecule has 2 N–H and O–H groups in total. The predicted molar refractivity (Wildman–Crippen MR) is 95.2 cm³/mol. The predicted octanol–water partition coefficient (Wildman–Crippen LogP) is 2.26. The molecule has 1 aliphatic rings. The van der Waals surface area contributed by atoms with E-state index in [-0.39, 0.29) is 5.91 Å². The average molecular weight is 317 g/mol. The van der Waals surface area contributed by atoms with E-state index in [1.54, 1.807) is 0 Å². The second kappa shape index (κ2) is 9.68. The Morgan fingerprint density at radius 2 is 2.00 bits per heavy atom. The Balaban J connectivity index is 1.60. The van der Waals surface area contributed by atoms with E-state index in [9.17, 15) is 4.79 Å². The molecule has 0 bridgehead atoms. The van der Waals surface area contributed by atoms with Gasteiger partial charge in [0.05, 0.1) is 0 Å². The number of piperidine rings is 1. The summed E-state index contributed by atoms with van der Waals surface area (Å²) in [6.07, 6.45) is 3.07. The summed E-state index contributed by atoms with van der Waals surface area (Å²) >= 11 is 0. The van der Waals surface area contributed by atoms with Crippen molar-refractivity contribution in [1.82, 2.24) is 15.5 Å². The van der Waals surface area contributed by atoms with E-state index in [1.807, 2.05) is 6.07 Å². The topological polar surface area (TPSA) is 44.4 Å². The Kier molecular flexibility index (Phi) is 7.56. The van der Waals surface area contributed by atoms with Crippen molar-refractivity contribution in [3.8, 4) is 0 Å². The number of carbonyl (C=O) groups is 1. The molecule has 0 saturated carbocycles. The van der Waals surface area contributed by atoms with Gasteiger partial charge < -0.3 is 15.5 Å². The summed E-state index contributed by atoms with van der Waals surface area (Å²) in [5, 5.41) is 6.46. The molecule has 1 aromatic carbocycles. The van der Waals surface area contributed by atoms with Gasteiger partial charge in [0.2, 0.25) is 5.91 Å². The highest BCUT2D eigenvalue weighted by Gasteiger charge is 2.21. The van der Waals surface area contributed by atoms with Crippen molar-refractivity contribution in [3.05, 3.63) is 35.9 Å². The normalized spacial score (nSPS) is 17.2. The Morgan fingerprint density at radius 3 is 2.70 bits per heavy atom. The molecule has 1 heterocycles. The Labute approximate surface area is 140 Å². The van der Waals surface area contributed by atoms with Crippen LogP contribution in [0.2, 0.25) is 0 Å². The summed E-state index contributed by atoms with van der Waals surface area (Å²) in [5.41, 5.74) is 1.31. The van der Waals surface area contributed by atoms with Crippen LogP contribution >= 0.6 is 0 Å². The number of nitrogens with zero attached hydrogens (tertiary/aromatic N) is 1. The van der Waals surface area contributed by atoms with E-state index < -0.39 is 0 Å². The molecule has 1 saturated heterocycles. The van der Waals surface area contributed by atoms with Crippen LogP contribution in [0.3, 0.4) is 0 Å². The van der Waals surface area contributed by atoms with Crippen LogP contribution in [-0.2, 0) is 11.3 Å². The minimum atomic E-state index is 0.198. The van der Waals surface area contributed by atoms with Crippen molar-refractivity contribution >= 4 is 5.91 Å². The molecule has 1 atom stereocenters. The average Bonchev–Trinajstić information content (AvgIpc) is 2.56. The molecule has 2 rings (SSSR count). The molecule has 1 aliphatic heterocycles. The molecule has 23 heavy (non-hydrogen) atoms. The van der Waals surface area contributed by atoms with Crippen molar-refractivity contribution in [2.45, 2.75) is 32.7 Å². The van der Waals surface area contributed by atoms with Gasteiger partial charge in [0.15, 0.2) is 0 Å². The zero-order valence-corrected chi connectivity index (χ0v) is 14.6. The summed E-state index contributed by atoms with van der Waals surface area (Å²) in [4.78, 5) is 14.3. The van der Waals surface area contributed by atoms with Crippen LogP contribution in [0, 0.1) is 11.8 Å². The molecule has 1 fully saturated rings. The second-order valence-electron chi connectivity index (χ2n) is 6.84. The minimum absolute atomic E-state index is 0.198.